The molecular formula is C16H10N4O6. The fourth-order valence-electron chi connectivity index (χ4n) is 2.18. The molecule has 0 atom stereocenters. The maximum atomic E-state index is 12.3. The topological polar surface area (TPSA) is 154 Å². The smallest absolute Gasteiger partial charge is 0.335 e. The van der Waals surface area contributed by atoms with Gasteiger partial charge in [0.05, 0.1) is 16.8 Å². The van der Waals surface area contributed by atoms with E-state index >= 15 is 0 Å². The van der Waals surface area contributed by atoms with Crippen molar-refractivity contribution in [1.82, 2.24) is 9.38 Å². The van der Waals surface area contributed by atoms with E-state index in [4.69, 9.17) is 10.2 Å². The van der Waals surface area contributed by atoms with Crippen molar-refractivity contribution in [3.05, 3.63) is 64.1 Å². The second-order valence-corrected chi connectivity index (χ2v) is 5.10. The van der Waals surface area contributed by atoms with Crippen molar-refractivity contribution in [2.75, 3.05) is 0 Å². The molecule has 10 heteroatoms. The van der Waals surface area contributed by atoms with Crippen LogP contribution in [0, 0.1) is 0 Å². The van der Waals surface area contributed by atoms with Gasteiger partial charge in [0.1, 0.15) is 5.65 Å². The molecular weight excluding hydrogens is 344 g/mol. The third-order valence-electron chi connectivity index (χ3n) is 3.37. The van der Waals surface area contributed by atoms with Crippen molar-refractivity contribution in [1.29, 1.82) is 0 Å². The predicted molar refractivity (Wildman–Crippen MR) is 87.7 cm³/mol. The second kappa shape index (κ2) is 6.43. The summed E-state index contributed by atoms with van der Waals surface area (Å²) in [6.07, 6.45) is 1.43. The van der Waals surface area contributed by atoms with Crippen molar-refractivity contribution in [3.63, 3.8) is 0 Å². The highest BCUT2D eigenvalue weighted by Crippen LogP contribution is 2.24. The van der Waals surface area contributed by atoms with E-state index in [0.717, 1.165) is 22.6 Å². The Morgan fingerprint density at radius 1 is 1.00 bits per heavy atom. The van der Waals surface area contributed by atoms with Crippen LogP contribution < -0.4 is 5.56 Å². The van der Waals surface area contributed by atoms with Gasteiger partial charge >= 0.3 is 11.9 Å². The van der Waals surface area contributed by atoms with E-state index in [0.29, 0.717) is 0 Å². The first-order valence-corrected chi connectivity index (χ1v) is 7.10. The van der Waals surface area contributed by atoms with E-state index in [2.05, 4.69) is 15.2 Å². The molecule has 0 aliphatic rings. The van der Waals surface area contributed by atoms with Gasteiger partial charge in [-0.2, -0.15) is 10.1 Å². The van der Waals surface area contributed by atoms with Gasteiger partial charge in [0, 0.05) is 6.20 Å². The summed E-state index contributed by atoms with van der Waals surface area (Å²) in [4.78, 5) is 38.3. The van der Waals surface area contributed by atoms with E-state index in [-0.39, 0.29) is 22.5 Å². The Kier molecular flexibility index (Phi) is 4.15. The van der Waals surface area contributed by atoms with Crippen LogP contribution >= 0.6 is 0 Å². The SMILES string of the molecule is O=C(O)c1cc(N=Nc2c(O)nc3ccccn3c2=O)cc(C(=O)O)c1. The molecule has 0 spiro atoms. The standard InChI is InChI=1S/C16H10N4O6/c21-13-12(14(22)20-4-2-1-3-11(20)17-13)19-18-10-6-8(15(23)24)5-9(7-10)16(25)26/h1-7,21H,(H,23,24)(H,25,26). The van der Waals surface area contributed by atoms with Crippen LogP contribution in [0.15, 0.2) is 57.6 Å². The molecule has 2 heterocycles. The minimum absolute atomic E-state index is 0.112. The number of rotatable bonds is 4. The number of carboxylic acid groups (broad SMARTS) is 2. The number of aromatic nitrogens is 2. The highest BCUT2D eigenvalue weighted by Gasteiger charge is 2.13. The molecule has 2 aromatic heterocycles. The molecule has 26 heavy (non-hydrogen) atoms. The number of hydrogen-bond donors (Lipinski definition) is 3. The zero-order valence-corrected chi connectivity index (χ0v) is 12.9. The Hall–Kier alpha value is -4.08. The summed E-state index contributed by atoms with van der Waals surface area (Å²) in [6, 6.07) is 7.87. The first kappa shape index (κ1) is 16.8. The number of aromatic carboxylic acids is 2. The van der Waals surface area contributed by atoms with Gasteiger partial charge in [-0.15, -0.1) is 5.11 Å². The molecule has 0 amide bonds. The van der Waals surface area contributed by atoms with Gasteiger partial charge in [0.25, 0.3) is 5.56 Å². The van der Waals surface area contributed by atoms with Crippen LogP contribution in [0.2, 0.25) is 0 Å². The van der Waals surface area contributed by atoms with Gasteiger partial charge in [-0.25, -0.2) is 9.59 Å². The predicted octanol–water partition coefficient (Wildman–Crippen LogP) is 2.21. The number of carbonyl (C=O) groups is 2. The van der Waals surface area contributed by atoms with Gasteiger partial charge in [0.2, 0.25) is 11.6 Å². The van der Waals surface area contributed by atoms with Crippen molar-refractivity contribution >= 4 is 29.0 Å². The van der Waals surface area contributed by atoms with E-state index < -0.39 is 29.1 Å². The largest absolute Gasteiger partial charge is 0.491 e. The maximum Gasteiger partial charge on any atom is 0.335 e. The van der Waals surface area contributed by atoms with E-state index in [1.54, 1.807) is 12.1 Å². The first-order chi connectivity index (χ1) is 12.4. The Morgan fingerprint density at radius 2 is 1.65 bits per heavy atom. The molecule has 0 aliphatic heterocycles. The molecule has 0 bridgehead atoms. The van der Waals surface area contributed by atoms with E-state index in [9.17, 15) is 19.5 Å². The molecule has 10 nitrogen and oxygen atoms in total. The summed E-state index contributed by atoms with van der Waals surface area (Å²) >= 11 is 0. The van der Waals surface area contributed by atoms with Crippen LogP contribution in [0.25, 0.3) is 5.65 Å². The molecule has 0 unspecified atom stereocenters. The number of azo groups is 1. The monoisotopic (exact) mass is 354 g/mol. The zero-order valence-electron chi connectivity index (χ0n) is 12.9. The molecule has 0 saturated carbocycles. The molecule has 0 fully saturated rings. The summed E-state index contributed by atoms with van der Waals surface area (Å²) < 4.78 is 1.14. The van der Waals surface area contributed by atoms with Crippen LogP contribution in [-0.2, 0) is 0 Å². The summed E-state index contributed by atoms with van der Waals surface area (Å²) in [7, 11) is 0. The quantitative estimate of drug-likeness (QED) is 0.607. The molecule has 1 aromatic carbocycles. The molecule has 3 rings (SSSR count). The fourth-order valence-corrected chi connectivity index (χ4v) is 2.18. The van der Waals surface area contributed by atoms with Crippen LogP contribution in [0.3, 0.4) is 0 Å². The molecule has 0 radical (unpaired) electrons. The lowest BCUT2D eigenvalue weighted by atomic mass is 10.1. The minimum Gasteiger partial charge on any atom is -0.491 e. The lowest BCUT2D eigenvalue weighted by Gasteiger charge is -2.03. The number of fused-ring (bicyclic) bond motifs is 1. The highest BCUT2D eigenvalue weighted by molar-refractivity contribution is 5.95. The molecule has 3 aromatic rings. The Labute approximate surface area is 144 Å². The van der Waals surface area contributed by atoms with Gasteiger partial charge in [-0.3, -0.25) is 9.20 Å². The summed E-state index contributed by atoms with van der Waals surface area (Å²) in [6.45, 7) is 0. The Balaban J connectivity index is 2.11. The first-order valence-electron chi connectivity index (χ1n) is 7.10. The summed E-state index contributed by atoms with van der Waals surface area (Å²) in [5, 5.41) is 35.3. The Morgan fingerprint density at radius 3 is 2.27 bits per heavy atom. The van der Waals surface area contributed by atoms with Crippen molar-refractivity contribution in [2.24, 2.45) is 10.2 Å². The molecule has 0 saturated heterocycles. The van der Waals surface area contributed by atoms with Gasteiger partial charge < -0.3 is 15.3 Å². The van der Waals surface area contributed by atoms with Gasteiger partial charge in [-0.1, -0.05) is 6.07 Å². The average molecular weight is 354 g/mol. The van der Waals surface area contributed by atoms with E-state index in [1.165, 1.54) is 12.3 Å². The van der Waals surface area contributed by atoms with Gasteiger partial charge in [0.15, 0.2) is 0 Å². The second-order valence-electron chi connectivity index (χ2n) is 5.10. The number of hydrogen-bond acceptors (Lipinski definition) is 7. The van der Waals surface area contributed by atoms with Gasteiger partial charge in [-0.05, 0) is 30.3 Å². The van der Waals surface area contributed by atoms with Crippen LogP contribution in [0.5, 0.6) is 5.88 Å². The molecule has 0 aliphatic carbocycles. The zero-order chi connectivity index (χ0) is 18.8. The van der Waals surface area contributed by atoms with Crippen LogP contribution in [0.4, 0.5) is 11.4 Å². The number of carboxylic acids is 2. The third-order valence-corrected chi connectivity index (χ3v) is 3.37. The maximum absolute atomic E-state index is 12.3. The van der Waals surface area contributed by atoms with Crippen molar-refractivity contribution in [3.8, 4) is 5.88 Å². The lowest BCUT2D eigenvalue weighted by molar-refractivity contribution is 0.0696. The average Bonchev–Trinajstić information content (AvgIpc) is 2.61. The lowest BCUT2D eigenvalue weighted by Crippen LogP contribution is -2.13. The minimum atomic E-state index is -1.35. The van der Waals surface area contributed by atoms with Crippen LogP contribution in [0.1, 0.15) is 20.7 Å². The number of pyridine rings is 1. The van der Waals surface area contributed by atoms with Crippen molar-refractivity contribution < 1.29 is 24.9 Å². The third kappa shape index (κ3) is 3.11. The van der Waals surface area contributed by atoms with Crippen molar-refractivity contribution in [2.45, 2.75) is 0 Å². The summed E-state index contributed by atoms with van der Waals surface area (Å²) in [5.41, 5.74) is -1.68. The molecule has 3 N–H and O–H groups in total. The Bertz CT molecular complexity index is 1100. The highest BCUT2D eigenvalue weighted by atomic mass is 16.4. The summed E-state index contributed by atoms with van der Waals surface area (Å²) in [5.74, 6) is -3.35. The normalized spacial score (nSPS) is 11.1. The number of nitrogens with zero attached hydrogens (tertiary/aromatic N) is 4. The van der Waals surface area contributed by atoms with Crippen LogP contribution in [-0.4, -0.2) is 36.6 Å². The number of benzene rings is 1. The molecule has 130 valence electrons. The number of aromatic hydroxyl groups is 1. The van der Waals surface area contributed by atoms with E-state index in [1.807, 2.05) is 0 Å². The fraction of sp³-hybridized carbons (Fsp3) is 0.